The fourth-order valence-corrected chi connectivity index (χ4v) is 3.19. The molecular formula is C25H27N3O4. The first-order valence-corrected chi connectivity index (χ1v) is 10.1. The second kappa shape index (κ2) is 11.0. The number of methoxy groups -OCH3 is 2. The quantitative estimate of drug-likeness (QED) is 0.533. The molecule has 0 aliphatic heterocycles. The van der Waals surface area contributed by atoms with Crippen molar-refractivity contribution < 1.29 is 19.1 Å². The zero-order valence-corrected chi connectivity index (χ0v) is 18.4. The number of nitrogens with zero attached hydrogens (tertiary/aromatic N) is 1. The molecule has 3 rings (SSSR count). The maximum atomic E-state index is 12.5. The lowest BCUT2D eigenvalue weighted by Crippen LogP contribution is -2.29. The summed E-state index contributed by atoms with van der Waals surface area (Å²) in [7, 11) is 5.07. The van der Waals surface area contributed by atoms with E-state index in [0.29, 0.717) is 29.2 Å². The summed E-state index contributed by atoms with van der Waals surface area (Å²) >= 11 is 0. The fraction of sp³-hybridized carbons (Fsp3) is 0.200. The Bertz CT molecular complexity index is 1050. The van der Waals surface area contributed by atoms with Crippen LogP contribution in [0.15, 0.2) is 72.8 Å². The predicted octanol–water partition coefficient (Wildman–Crippen LogP) is 4.03. The average molecular weight is 434 g/mol. The van der Waals surface area contributed by atoms with Crippen LogP contribution in [0.1, 0.15) is 15.9 Å². The van der Waals surface area contributed by atoms with Gasteiger partial charge in [0.1, 0.15) is 11.5 Å². The highest BCUT2D eigenvalue weighted by Crippen LogP contribution is 2.24. The molecule has 7 heteroatoms. The third-order valence-corrected chi connectivity index (χ3v) is 4.81. The van der Waals surface area contributed by atoms with Crippen LogP contribution >= 0.6 is 0 Å². The molecule has 0 bridgehead atoms. The minimum absolute atomic E-state index is 0.132. The van der Waals surface area contributed by atoms with Crippen LogP contribution in [0.25, 0.3) is 0 Å². The summed E-state index contributed by atoms with van der Waals surface area (Å²) in [5, 5.41) is 5.69. The maximum Gasteiger partial charge on any atom is 0.255 e. The summed E-state index contributed by atoms with van der Waals surface area (Å²) in [5.41, 5.74) is 2.79. The Morgan fingerprint density at radius 2 is 1.53 bits per heavy atom. The van der Waals surface area contributed by atoms with Gasteiger partial charge in [-0.15, -0.1) is 0 Å². The summed E-state index contributed by atoms with van der Waals surface area (Å²) in [6.07, 6.45) is 0. The van der Waals surface area contributed by atoms with E-state index in [1.54, 1.807) is 50.6 Å². The van der Waals surface area contributed by atoms with Crippen LogP contribution in [-0.2, 0) is 11.3 Å². The van der Waals surface area contributed by atoms with Crippen LogP contribution in [0.4, 0.5) is 11.4 Å². The van der Waals surface area contributed by atoms with Gasteiger partial charge in [0.2, 0.25) is 5.91 Å². The van der Waals surface area contributed by atoms with Crippen molar-refractivity contribution in [3.8, 4) is 11.5 Å². The van der Waals surface area contributed by atoms with Gasteiger partial charge >= 0.3 is 0 Å². The Balaban J connectivity index is 1.51. The van der Waals surface area contributed by atoms with E-state index in [-0.39, 0.29) is 18.4 Å². The van der Waals surface area contributed by atoms with Gasteiger partial charge in [0, 0.05) is 17.8 Å². The summed E-state index contributed by atoms with van der Waals surface area (Å²) in [5.74, 6) is 0.997. The summed E-state index contributed by atoms with van der Waals surface area (Å²) in [6, 6.07) is 21.7. The van der Waals surface area contributed by atoms with Crippen LogP contribution in [0.5, 0.6) is 11.5 Å². The van der Waals surface area contributed by atoms with Crippen molar-refractivity contribution in [3.05, 3.63) is 83.9 Å². The Hall–Kier alpha value is -3.84. The van der Waals surface area contributed by atoms with Gasteiger partial charge < -0.3 is 20.1 Å². The van der Waals surface area contributed by atoms with Crippen LogP contribution < -0.4 is 20.1 Å². The lowest BCUT2D eigenvalue weighted by atomic mass is 10.2. The zero-order chi connectivity index (χ0) is 22.9. The highest BCUT2D eigenvalue weighted by molar-refractivity contribution is 6.05. The molecule has 0 radical (unpaired) electrons. The molecule has 2 N–H and O–H groups in total. The monoisotopic (exact) mass is 433 g/mol. The van der Waals surface area contributed by atoms with Crippen molar-refractivity contribution in [1.29, 1.82) is 0 Å². The van der Waals surface area contributed by atoms with Gasteiger partial charge in [-0.1, -0.05) is 24.3 Å². The Labute approximate surface area is 188 Å². The molecule has 0 aromatic heterocycles. The van der Waals surface area contributed by atoms with Crippen molar-refractivity contribution in [2.75, 3.05) is 38.4 Å². The van der Waals surface area contributed by atoms with E-state index in [2.05, 4.69) is 10.6 Å². The number of carbonyl (C=O) groups is 2. The van der Waals surface area contributed by atoms with Gasteiger partial charge in [-0.2, -0.15) is 0 Å². The van der Waals surface area contributed by atoms with E-state index in [9.17, 15) is 9.59 Å². The standard InChI is InChI=1S/C25H27N3O4/c1-28(16-18-8-14-21(31-2)15-9-18)17-24(29)26-20-12-10-19(11-13-20)25(30)27-22-6-4-5-7-23(22)32-3/h4-15H,16-17H2,1-3H3,(H,26,29)(H,27,30). The first-order valence-electron chi connectivity index (χ1n) is 10.1. The van der Waals surface area contributed by atoms with Crippen molar-refractivity contribution in [2.45, 2.75) is 6.54 Å². The van der Waals surface area contributed by atoms with Crippen LogP contribution in [0, 0.1) is 0 Å². The summed E-state index contributed by atoms with van der Waals surface area (Å²) < 4.78 is 10.4. The van der Waals surface area contributed by atoms with Gasteiger partial charge in [0.15, 0.2) is 0 Å². The fourth-order valence-electron chi connectivity index (χ4n) is 3.19. The van der Waals surface area contributed by atoms with Crippen LogP contribution in [0.2, 0.25) is 0 Å². The number of ether oxygens (including phenoxy) is 2. The topological polar surface area (TPSA) is 79.9 Å². The van der Waals surface area contributed by atoms with E-state index >= 15 is 0 Å². The van der Waals surface area contributed by atoms with Gasteiger partial charge in [-0.05, 0) is 61.1 Å². The van der Waals surface area contributed by atoms with E-state index in [0.717, 1.165) is 11.3 Å². The molecule has 3 aromatic rings. The second-order valence-electron chi connectivity index (χ2n) is 7.30. The number of hydrogen-bond donors (Lipinski definition) is 2. The summed E-state index contributed by atoms with van der Waals surface area (Å²) in [6.45, 7) is 0.877. The average Bonchev–Trinajstić information content (AvgIpc) is 2.80. The van der Waals surface area contributed by atoms with Crippen molar-refractivity contribution >= 4 is 23.2 Å². The number of rotatable bonds is 9. The smallest absolute Gasteiger partial charge is 0.255 e. The zero-order valence-electron chi connectivity index (χ0n) is 18.4. The molecule has 0 atom stereocenters. The minimum atomic E-state index is -0.258. The minimum Gasteiger partial charge on any atom is -0.497 e. The molecule has 0 unspecified atom stereocenters. The number of amides is 2. The van der Waals surface area contributed by atoms with E-state index in [4.69, 9.17) is 9.47 Å². The van der Waals surface area contributed by atoms with E-state index in [1.165, 1.54) is 0 Å². The molecule has 3 aromatic carbocycles. The molecule has 166 valence electrons. The van der Waals surface area contributed by atoms with Gasteiger partial charge in [-0.3, -0.25) is 14.5 Å². The molecule has 0 aliphatic rings. The molecule has 0 saturated carbocycles. The molecule has 0 heterocycles. The molecule has 0 fully saturated rings. The molecule has 32 heavy (non-hydrogen) atoms. The molecule has 2 amide bonds. The highest BCUT2D eigenvalue weighted by atomic mass is 16.5. The van der Waals surface area contributed by atoms with Crippen molar-refractivity contribution in [3.63, 3.8) is 0 Å². The van der Waals surface area contributed by atoms with Gasteiger partial charge in [0.05, 0.1) is 26.5 Å². The predicted molar refractivity (Wildman–Crippen MR) is 125 cm³/mol. The molecule has 0 saturated heterocycles. The number of carbonyl (C=O) groups excluding carboxylic acids is 2. The third kappa shape index (κ3) is 6.33. The number of likely N-dealkylation sites (N-methyl/N-ethyl adjacent to an activating group) is 1. The van der Waals surface area contributed by atoms with Crippen molar-refractivity contribution in [1.82, 2.24) is 4.90 Å². The number of benzene rings is 3. The highest BCUT2D eigenvalue weighted by Gasteiger charge is 2.11. The maximum absolute atomic E-state index is 12.5. The number of anilines is 2. The third-order valence-electron chi connectivity index (χ3n) is 4.81. The second-order valence-corrected chi connectivity index (χ2v) is 7.30. The Kier molecular flexibility index (Phi) is 7.83. The first kappa shape index (κ1) is 22.8. The normalized spacial score (nSPS) is 10.5. The molecule has 0 spiro atoms. The van der Waals surface area contributed by atoms with Crippen molar-refractivity contribution in [2.24, 2.45) is 0 Å². The van der Waals surface area contributed by atoms with Gasteiger partial charge in [-0.25, -0.2) is 0 Å². The van der Waals surface area contributed by atoms with Crippen LogP contribution in [-0.4, -0.2) is 44.5 Å². The molecular weight excluding hydrogens is 406 g/mol. The van der Waals surface area contributed by atoms with E-state index in [1.807, 2.05) is 48.3 Å². The molecule has 7 nitrogen and oxygen atoms in total. The summed E-state index contributed by atoms with van der Waals surface area (Å²) in [4.78, 5) is 26.8. The largest absolute Gasteiger partial charge is 0.497 e. The number of para-hydroxylation sites is 2. The Morgan fingerprint density at radius 1 is 0.844 bits per heavy atom. The number of hydrogen-bond acceptors (Lipinski definition) is 5. The SMILES string of the molecule is COc1ccc(CN(C)CC(=O)Nc2ccc(C(=O)Nc3ccccc3OC)cc2)cc1. The lowest BCUT2D eigenvalue weighted by Gasteiger charge is -2.16. The van der Waals surface area contributed by atoms with Crippen LogP contribution in [0.3, 0.4) is 0 Å². The lowest BCUT2D eigenvalue weighted by molar-refractivity contribution is -0.117. The number of nitrogens with one attached hydrogen (secondary N) is 2. The first-order chi connectivity index (χ1) is 15.5. The molecule has 0 aliphatic carbocycles. The van der Waals surface area contributed by atoms with Gasteiger partial charge in [0.25, 0.3) is 5.91 Å². The Morgan fingerprint density at radius 3 is 2.19 bits per heavy atom. The van der Waals surface area contributed by atoms with E-state index < -0.39 is 0 Å².